The molecule has 0 saturated carbocycles. The minimum absolute atomic E-state index is 0. The van der Waals surface area contributed by atoms with E-state index in [1.807, 2.05) is 4.90 Å². The Morgan fingerprint density at radius 3 is 2.38 bits per heavy atom. The maximum absolute atomic E-state index is 12.5. The molecule has 4 N–H and O–H groups in total. The van der Waals surface area contributed by atoms with Crippen LogP contribution in [0.4, 0.5) is 18.9 Å². The van der Waals surface area contributed by atoms with E-state index < -0.39 is 11.7 Å². The van der Waals surface area contributed by atoms with Crippen molar-refractivity contribution in [3.8, 4) is 0 Å². The van der Waals surface area contributed by atoms with Crippen LogP contribution in [0.2, 0.25) is 0 Å². The standard InChI is InChI=1S/C15H20F3N5.ClH/c1-10-3-2-8-23(9-10)14(20)22-13(19)21-12-6-4-11(5-7-12)15(16,17)18;/h4-7,10H,2-3,8-9H2,1H3,(H4,19,20,21,22);1H. The van der Waals surface area contributed by atoms with Crippen LogP contribution in [0.15, 0.2) is 34.3 Å². The molecule has 1 saturated heterocycles. The summed E-state index contributed by atoms with van der Waals surface area (Å²) in [5.74, 6) is 0.732. The van der Waals surface area contributed by atoms with Crippen molar-refractivity contribution in [2.75, 3.05) is 13.1 Å². The average molecular weight is 364 g/mol. The van der Waals surface area contributed by atoms with Gasteiger partial charge in [0.25, 0.3) is 0 Å². The minimum Gasteiger partial charge on any atom is -0.369 e. The van der Waals surface area contributed by atoms with Gasteiger partial charge in [-0.25, -0.2) is 4.99 Å². The van der Waals surface area contributed by atoms with E-state index in [1.165, 1.54) is 12.1 Å². The van der Waals surface area contributed by atoms with Crippen molar-refractivity contribution in [1.29, 1.82) is 0 Å². The lowest BCUT2D eigenvalue weighted by molar-refractivity contribution is -0.137. The summed E-state index contributed by atoms with van der Waals surface area (Å²) < 4.78 is 37.5. The highest BCUT2D eigenvalue weighted by molar-refractivity contribution is 5.94. The molecule has 1 heterocycles. The summed E-state index contributed by atoms with van der Waals surface area (Å²) >= 11 is 0. The molecule has 1 fully saturated rings. The second kappa shape index (κ2) is 8.23. The van der Waals surface area contributed by atoms with Gasteiger partial charge in [0.15, 0.2) is 5.96 Å². The van der Waals surface area contributed by atoms with Crippen LogP contribution in [-0.2, 0) is 6.18 Å². The molecule has 24 heavy (non-hydrogen) atoms. The summed E-state index contributed by atoms with van der Waals surface area (Å²) in [6, 6.07) is 4.38. The number of nitrogens with zero attached hydrogens (tertiary/aromatic N) is 3. The van der Waals surface area contributed by atoms with Crippen LogP contribution in [0, 0.1) is 5.92 Å². The zero-order valence-corrected chi connectivity index (χ0v) is 14.1. The number of guanidine groups is 2. The molecule has 0 amide bonds. The van der Waals surface area contributed by atoms with E-state index in [4.69, 9.17) is 11.5 Å². The van der Waals surface area contributed by atoms with Gasteiger partial charge in [-0.2, -0.15) is 18.2 Å². The summed E-state index contributed by atoms with van der Waals surface area (Å²) in [6.07, 6.45) is -2.19. The third-order valence-corrected chi connectivity index (χ3v) is 3.65. The molecular weight excluding hydrogens is 343 g/mol. The molecule has 1 atom stereocenters. The Balaban J connectivity index is 0.00000288. The Labute approximate surface area is 145 Å². The van der Waals surface area contributed by atoms with Gasteiger partial charge in [0.1, 0.15) is 0 Å². The fourth-order valence-electron chi connectivity index (χ4n) is 2.47. The smallest absolute Gasteiger partial charge is 0.369 e. The molecular formula is C15H21ClF3N5. The topological polar surface area (TPSA) is 80.0 Å². The first-order valence-electron chi connectivity index (χ1n) is 7.36. The fourth-order valence-corrected chi connectivity index (χ4v) is 2.47. The van der Waals surface area contributed by atoms with Crippen LogP contribution in [-0.4, -0.2) is 29.9 Å². The first kappa shape index (κ1) is 20.1. The van der Waals surface area contributed by atoms with Crippen molar-refractivity contribution >= 4 is 30.0 Å². The number of alkyl halides is 3. The van der Waals surface area contributed by atoms with E-state index >= 15 is 0 Å². The van der Waals surface area contributed by atoms with Crippen LogP contribution in [0.25, 0.3) is 0 Å². The highest BCUT2D eigenvalue weighted by atomic mass is 35.5. The molecule has 1 aromatic carbocycles. The predicted molar refractivity (Wildman–Crippen MR) is 91.6 cm³/mol. The number of piperidine rings is 1. The zero-order chi connectivity index (χ0) is 17.0. The van der Waals surface area contributed by atoms with Crippen LogP contribution >= 0.6 is 12.4 Å². The molecule has 1 unspecified atom stereocenters. The van der Waals surface area contributed by atoms with E-state index in [-0.39, 0.29) is 24.3 Å². The summed E-state index contributed by atoms with van der Waals surface area (Å²) in [4.78, 5) is 9.93. The lowest BCUT2D eigenvalue weighted by Crippen LogP contribution is -2.44. The summed E-state index contributed by atoms with van der Waals surface area (Å²) in [5.41, 5.74) is 11.2. The molecule has 1 aromatic rings. The fraction of sp³-hybridized carbons (Fsp3) is 0.467. The number of aliphatic imine (C=N–C) groups is 2. The maximum Gasteiger partial charge on any atom is 0.416 e. The Morgan fingerprint density at radius 1 is 1.21 bits per heavy atom. The van der Waals surface area contributed by atoms with Crippen LogP contribution in [0.5, 0.6) is 0 Å². The van der Waals surface area contributed by atoms with Gasteiger partial charge in [0.05, 0.1) is 11.3 Å². The molecule has 1 aliphatic rings. The van der Waals surface area contributed by atoms with Crippen molar-refractivity contribution in [3.05, 3.63) is 29.8 Å². The number of nitrogens with two attached hydrogens (primary N) is 2. The second-order valence-corrected chi connectivity index (χ2v) is 5.68. The predicted octanol–water partition coefficient (Wildman–Crippen LogP) is 3.12. The van der Waals surface area contributed by atoms with Gasteiger partial charge in [-0.15, -0.1) is 12.4 Å². The van der Waals surface area contributed by atoms with Crippen molar-refractivity contribution < 1.29 is 13.2 Å². The number of hydrogen-bond donors (Lipinski definition) is 2. The number of benzene rings is 1. The zero-order valence-electron chi connectivity index (χ0n) is 13.3. The van der Waals surface area contributed by atoms with E-state index in [0.29, 0.717) is 11.6 Å². The lowest BCUT2D eigenvalue weighted by Gasteiger charge is -2.31. The Hall–Kier alpha value is -1.96. The third kappa shape index (κ3) is 5.59. The van der Waals surface area contributed by atoms with Gasteiger partial charge < -0.3 is 16.4 Å². The second-order valence-electron chi connectivity index (χ2n) is 5.68. The number of likely N-dealkylation sites (tertiary alicyclic amines) is 1. The van der Waals surface area contributed by atoms with Gasteiger partial charge in [-0.3, -0.25) is 0 Å². The molecule has 0 bridgehead atoms. The molecule has 134 valence electrons. The van der Waals surface area contributed by atoms with Crippen LogP contribution in [0.1, 0.15) is 25.3 Å². The van der Waals surface area contributed by atoms with E-state index in [9.17, 15) is 13.2 Å². The van der Waals surface area contributed by atoms with Crippen molar-refractivity contribution in [1.82, 2.24) is 4.90 Å². The average Bonchev–Trinajstić information content (AvgIpc) is 2.46. The highest BCUT2D eigenvalue weighted by Crippen LogP contribution is 2.30. The quantitative estimate of drug-likeness (QED) is 0.594. The normalized spacial score (nSPS) is 19.8. The summed E-state index contributed by atoms with van der Waals surface area (Å²) in [7, 11) is 0. The van der Waals surface area contributed by atoms with Crippen LogP contribution < -0.4 is 11.5 Å². The van der Waals surface area contributed by atoms with Crippen molar-refractivity contribution in [3.63, 3.8) is 0 Å². The number of rotatable bonds is 1. The van der Waals surface area contributed by atoms with E-state index in [0.717, 1.165) is 38.1 Å². The van der Waals surface area contributed by atoms with Crippen molar-refractivity contribution in [2.24, 2.45) is 27.4 Å². The first-order chi connectivity index (χ1) is 10.8. The van der Waals surface area contributed by atoms with Gasteiger partial charge >= 0.3 is 6.18 Å². The molecule has 2 rings (SSSR count). The highest BCUT2D eigenvalue weighted by Gasteiger charge is 2.29. The Bertz CT molecular complexity index is 598. The maximum atomic E-state index is 12.5. The Kier molecular flexibility index (Phi) is 6.89. The van der Waals surface area contributed by atoms with Gasteiger partial charge in [0, 0.05) is 13.1 Å². The molecule has 5 nitrogen and oxygen atoms in total. The van der Waals surface area contributed by atoms with E-state index in [2.05, 4.69) is 16.9 Å². The largest absolute Gasteiger partial charge is 0.416 e. The lowest BCUT2D eigenvalue weighted by atomic mass is 10.0. The van der Waals surface area contributed by atoms with Gasteiger partial charge in [-0.05, 0) is 43.0 Å². The van der Waals surface area contributed by atoms with E-state index in [1.54, 1.807) is 0 Å². The molecule has 0 aliphatic carbocycles. The summed E-state index contributed by atoms with van der Waals surface area (Å²) in [6.45, 7) is 3.76. The minimum atomic E-state index is -4.37. The third-order valence-electron chi connectivity index (χ3n) is 3.65. The van der Waals surface area contributed by atoms with Crippen molar-refractivity contribution in [2.45, 2.75) is 25.9 Å². The Morgan fingerprint density at radius 2 is 1.83 bits per heavy atom. The SMILES string of the molecule is CC1CCCN(C(N)=NC(N)=Nc2ccc(C(F)(F)F)cc2)C1.Cl. The first-order valence-corrected chi connectivity index (χ1v) is 7.36. The monoisotopic (exact) mass is 363 g/mol. The van der Waals surface area contributed by atoms with Gasteiger partial charge in [-0.1, -0.05) is 6.92 Å². The van der Waals surface area contributed by atoms with Gasteiger partial charge in [0.2, 0.25) is 5.96 Å². The molecule has 9 heteroatoms. The number of halogens is 4. The molecule has 1 aliphatic heterocycles. The summed E-state index contributed by atoms with van der Waals surface area (Å²) in [5, 5.41) is 0. The number of hydrogen-bond acceptors (Lipinski definition) is 1. The molecule has 0 radical (unpaired) electrons. The molecule has 0 spiro atoms. The molecule has 0 aromatic heterocycles. The van der Waals surface area contributed by atoms with Crippen LogP contribution in [0.3, 0.4) is 0 Å².